The Morgan fingerprint density at radius 3 is 2.37 bits per heavy atom. The zero-order valence-electron chi connectivity index (χ0n) is 36.7. The number of amides is 2. The Bertz CT molecular complexity index is 1970. The van der Waals surface area contributed by atoms with E-state index < -0.39 is 12.1 Å². The van der Waals surface area contributed by atoms with Gasteiger partial charge in [0.1, 0.15) is 6.04 Å². The molecule has 3 aromatic rings. The highest BCUT2D eigenvalue weighted by Gasteiger charge is 2.31. The van der Waals surface area contributed by atoms with Crippen molar-refractivity contribution >= 4 is 28.5 Å². The third-order valence-corrected chi connectivity index (χ3v) is 11.7. The normalized spacial score (nSPS) is 19.5. The first kappa shape index (κ1) is 43.6. The number of hydrogen-bond donors (Lipinski definition) is 4. The van der Waals surface area contributed by atoms with E-state index in [0.29, 0.717) is 37.3 Å². The molecule has 4 bridgehead atoms. The van der Waals surface area contributed by atoms with Crippen LogP contribution in [0.5, 0.6) is 0 Å². The average molecular weight is 779 g/mol. The number of dihydropyridines is 1. The third-order valence-electron chi connectivity index (χ3n) is 11.7. The Morgan fingerprint density at radius 1 is 0.982 bits per heavy atom. The molecule has 0 spiro atoms. The van der Waals surface area contributed by atoms with E-state index in [2.05, 4.69) is 162 Å². The summed E-state index contributed by atoms with van der Waals surface area (Å²) in [6, 6.07) is 13.1. The van der Waals surface area contributed by atoms with Gasteiger partial charge in [-0.05, 0) is 99.3 Å². The minimum absolute atomic E-state index is 0.0628. The van der Waals surface area contributed by atoms with Crippen molar-refractivity contribution in [3.05, 3.63) is 88.9 Å². The van der Waals surface area contributed by atoms with Gasteiger partial charge in [-0.25, -0.2) is 4.79 Å². The second-order valence-corrected chi connectivity index (χ2v) is 18.1. The van der Waals surface area contributed by atoms with E-state index in [-0.39, 0.29) is 24.0 Å². The molecule has 310 valence electrons. The Labute approximate surface area is 342 Å². The van der Waals surface area contributed by atoms with Crippen molar-refractivity contribution in [3.63, 3.8) is 0 Å². The molecule has 9 heteroatoms. The fourth-order valence-corrected chi connectivity index (χ4v) is 8.72. The number of cyclic esters (lactones) is 1. The van der Waals surface area contributed by atoms with E-state index in [4.69, 9.17) is 4.74 Å². The molecule has 5 rings (SSSR count). The Morgan fingerprint density at radius 2 is 1.70 bits per heavy atom. The molecule has 2 aliphatic heterocycles. The second kappa shape index (κ2) is 18.8. The Balaban J connectivity index is 1.68. The summed E-state index contributed by atoms with van der Waals surface area (Å²) in [5, 5.41) is 14.6. The number of nitrogens with one attached hydrogen (secondary N) is 4. The van der Waals surface area contributed by atoms with Gasteiger partial charge in [-0.1, -0.05) is 97.0 Å². The number of likely N-dealkylation sites (N-methyl/N-ethyl adjacent to an activating group) is 1. The lowest BCUT2D eigenvalue weighted by atomic mass is 9.82. The minimum atomic E-state index is -0.513. The zero-order chi connectivity index (χ0) is 41.6. The highest BCUT2D eigenvalue weighted by molar-refractivity contribution is 5.95. The van der Waals surface area contributed by atoms with Crippen LogP contribution < -0.4 is 21.3 Å². The van der Waals surface area contributed by atoms with Crippen LogP contribution in [0.3, 0.4) is 0 Å². The number of nitrogens with zero attached hydrogens (tertiary/aromatic N) is 2. The van der Waals surface area contributed by atoms with Crippen LogP contribution in [0.1, 0.15) is 90.6 Å². The Kier molecular flexibility index (Phi) is 14.4. The van der Waals surface area contributed by atoms with Crippen LogP contribution in [-0.4, -0.2) is 73.9 Å². The van der Waals surface area contributed by atoms with Crippen molar-refractivity contribution < 1.29 is 14.3 Å². The van der Waals surface area contributed by atoms with Crippen LogP contribution in [0, 0.1) is 30.1 Å². The summed E-state index contributed by atoms with van der Waals surface area (Å²) < 4.78 is 8.36. The molecule has 0 fully saturated rings. The van der Waals surface area contributed by atoms with Crippen LogP contribution in [0.2, 0.25) is 0 Å². The standard InChI is InChI=1S/C48H70N6O3/c1-13-54-42-19-18-36-27-39(42)40(45(54)38-17-16-22-49-43(38)33(7)30(2)3)28-48(9,10)29-57-47(56)51-21-15-14-20-50-46(55)41(26-35-23-32(6)24-37(36)25-35)52-34(8)44(31(4)5)53(11)12/h16-19,23-25,27,30-31,33,41,44,49,52H,8,13-15,20-22,26,28-29H2,1-7,9-12H3,(H,50,55)(H,51,56). The molecule has 0 saturated carbocycles. The van der Waals surface area contributed by atoms with Crippen molar-refractivity contribution in [2.24, 2.45) is 23.2 Å². The summed E-state index contributed by atoms with van der Waals surface area (Å²) in [6.07, 6.45) is 6.80. The lowest BCUT2D eigenvalue weighted by Gasteiger charge is -2.32. The maximum Gasteiger partial charge on any atom is 0.407 e. The van der Waals surface area contributed by atoms with Crippen molar-refractivity contribution in [1.29, 1.82) is 0 Å². The van der Waals surface area contributed by atoms with Gasteiger partial charge in [0, 0.05) is 65.9 Å². The summed E-state index contributed by atoms with van der Waals surface area (Å²) in [6.45, 7) is 27.3. The van der Waals surface area contributed by atoms with Gasteiger partial charge in [0.25, 0.3) is 0 Å². The maximum atomic E-state index is 13.9. The van der Waals surface area contributed by atoms with E-state index in [9.17, 15) is 9.59 Å². The molecule has 3 heterocycles. The maximum absolute atomic E-state index is 13.9. The SMILES string of the molecule is C=C(NC1Cc2cc(C)cc(c2)-c2ccc3c(c2)c(c(C2=C(C(C)C(C)C)NCC=C2)n3CC)CC(C)(C)COC(=O)NCCCCNC1=O)C(C(C)C)N(C)C. The zero-order valence-corrected chi connectivity index (χ0v) is 36.7. The fraction of sp³-hybridized carbons (Fsp3) is 0.542. The lowest BCUT2D eigenvalue weighted by Crippen LogP contribution is -2.49. The monoisotopic (exact) mass is 779 g/mol. The molecule has 3 unspecified atom stereocenters. The number of allylic oxidation sites excluding steroid dienone is 3. The molecule has 57 heavy (non-hydrogen) atoms. The van der Waals surface area contributed by atoms with Gasteiger partial charge in [-0.2, -0.15) is 0 Å². The molecule has 0 saturated heterocycles. The van der Waals surface area contributed by atoms with Crippen molar-refractivity contribution in [2.75, 3.05) is 40.3 Å². The number of ether oxygens (including phenoxy) is 1. The van der Waals surface area contributed by atoms with Gasteiger partial charge in [-0.3, -0.25) is 4.79 Å². The number of carbonyl (C=O) groups excluding carboxylic acids is 2. The van der Waals surface area contributed by atoms with E-state index in [1.807, 2.05) is 0 Å². The summed E-state index contributed by atoms with van der Waals surface area (Å²) in [5.41, 5.74) is 11.2. The summed E-state index contributed by atoms with van der Waals surface area (Å²) in [7, 11) is 4.10. The highest BCUT2D eigenvalue weighted by Crippen LogP contribution is 2.41. The van der Waals surface area contributed by atoms with Crippen LogP contribution >= 0.6 is 0 Å². The van der Waals surface area contributed by atoms with Crippen molar-refractivity contribution in [2.45, 2.75) is 107 Å². The third kappa shape index (κ3) is 10.5. The van der Waals surface area contributed by atoms with E-state index >= 15 is 0 Å². The molecule has 2 amide bonds. The smallest absolute Gasteiger partial charge is 0.407 e. The van der Waals surface area contributed by atoms with Crippen molar-refractivity contribution in [3.8, 4) is 11.1 Å². The minimum Gasteiger partial charge on any atom is -0.449 e. The molecule has 0 aliphatic carbocycles. The molecule has 3 atom stereocenters. The van der Waals surface area contributed by atoms with E-state index in [0.717, 1.165) is 60.3 Å². The summed E-state index contributed by atoms with van der Waals surface area (Å²) in [5.74, 6) is 1.06. The number of fused-ring (bicyclic) bond motifs is 4. The van der Waals surface area contributed by atoms with Crippen LogP contribution in [0.4, 0.5) is 4.79 Å². The number of carbonyl (C=O) groups is 2. The molecular weight excluding hydrogens is 709 g/mol. The molecule has 9 nitrogen and oxygen atoms in total. The highest BCUT2D eigenvalue weighted by atomic mass is 16.5. The van der Waals surface area contributed by atoms with Crippen molar-refractivity contribution in [1.82, 2.24) is 30.7 Å². The lowest BCUT2D eigenvalue weighted by molar-refractivity contribution is -0.123. The topological polar surface area (TPSA) is 99.7 Å². The van der Waals surface area contributed by atoms with Crippen LogP contribution in [0.25, 0.3) is 27.6 Å². The molecule has 0 radical (unpaired) electrons. The van der Waals surface area contributed by atoms with Crippen LogP contribution in [0.15, 0.2) is 66.5 Å². The van der Waals surface area contributed by atoms with Gasteiger partial charge in [-0.15, -0.1) is 0 Å². The quantitative estimate of drug-likeness (QED) is 0.174. The predicted octanol–water partition coefficient (Wildman–Crippen LogP) is 8.60. The summed E-state index contributed by atoms with van der Waals surface area (Å²) >= 11 is 0. The van der Waals surface area contributed by atoms with Gasteiger partial charge >= 0.3 is 6.09 Å². The first-order chi connectivity index (χ1) is 27.0. The Hall–Kier alpha value is -4.50. The second-order valence-electron chi connectivity index (χ2n) is 18.1. The molecule has 1 aromatic heterocycles. The molecular formula is C48H70N6O3. The number of rotatable bonds is 9. The first-order valence-corrected chi connectivity index (χ1v) is 21.2. The van der Waals surface area contributed by atoms with Gasteiger partial charge < -0.3 is 35.5 Å². The first-order valence-electron chi connectivity index (χ1n) is 21.2. The number of aryl methyl sites for hydroxylation is 2. The van der Waals surface area contributed by atoms with Gasteiger partial charge in [0.2, 0.25) is 5.91 Å². The molecule has 2 aliphatic rings. The number of hydrogen-bond acceptors (Lipinski definition) is 6. The average Bonchev–Trinajstić information content (AvgIpc) is 3.45. The number of aromatic nitrogens is 1. The summed E-state index contributed by atoms with van der Waals surface area (Å²) in [4.78, 5) is 29.1. The fourth-order valence-electron chi connectivity index (χ4n) is 8.72. The van der Waals surface area contributed by atoms with E-state index in [1.165, 1.54) is 33.4 Å². The molecule has 4 N–H and O–H groups in total. The molecule has 2 aromatic carbocycles. The van der Waals surface area contributed by atoms with E-state index in [1.54, 1.807) is 0 Å². The predicted molar refractivity (Wildman–Crippen MR) is 237 cm³/mol. The number of alkyl carbamates (subject to hydrolysis) is 1. The van der Waals surface area contributed by atoms with Gasteiger partial charge in [0.05, 0.1) is 18.3 Å². The van der Waals surface area contributed by atoms with Gasteiger partial charge in [0.15, 0.2) is 0 Å². The number of benzene rings is 2. The largest absolute Gasteiger partial charge is 0.449 e. The van der Waals surface area contributed by atoms with Crippen LogP contribution in [-0.2, 0) is 28.9 Å².